The molecule has 1 aromatic carbocycles. The van der Waals surface area contributed by atoms with Crippen LogP contribution in [0.25, 0.3) is 0 Å². The summed E-state index contributed by atoms with van der Waals surface area (Å²) in [7, 11) is 4.12. The number of benzene rings is 1. The van der Waals surface area contributed by atoms with Gasteiger partial charge < -0.3 is 15.5 Å². The van der Waals surface area contributed by atoms with Gasteiger partial charge in [0.05, 0.1) is 0 Å². The van der Waals surface area contributed by atoms with Crippen LogP contribution < -0.4 is 10.6 Å². The van der Waals surface area contributed by atoms with Crippen molar-refractivity contribution in [2.45, 2.75) is 64.8 Å². The number of primary amides is 1. The Morgan fingerprint density at radius 3 is 2.32 bits per heavy atom. The number of anilines is 1. The Kier molecular flexibility index (Phi) is 5.70. The zero-order valence-corrected chi connectivity index (χ0v) is 16.8. The van der Waals surface area contributed by atoms with E-state index in [0.717, 1.165) is 19.3 Å². The van der Waals surface area contributed by atoms with Crippen LogP contribution in [0, 0.1) is 5.41 Å². The standard InChI is InChI=1S/C21H35N3O/c1-20(2,3)15-24(19(22)25)21(4)13-7-8-17(14-21)16-9-11-18(12-10-16)23(5)6/h9-12,17H,7-8,13-15H2,1-6H3,(H2,22,25). The van der Waals surface area contributed by atoms with Gasteiger partial charge in [-0.1, -0.05) is 39.3 Å². The Morgan fingerprint density at radius 1 is 1.24 bits per heavy atom. The Hall–Kier alpha value is -1.71. The molecule has 2 atom stereocenters. The molecule has 1 aliphatic carbocycles. The summed E-state index contributed by atoms with van der Waals surface area (Å²) in [6.45, 7) is 9.39. The molecule has 0 heterocycles. The van der Waals surface area contributed by atoms with Gasteiger partial charge in [-0.05, 0) is 55.2 Å². The summed E-state index contributed by atoms with van der Waals surface area (Å²) in [6.07, 6.45) is 4.31. The molecule has 25 heavy (non-hydrogen) atoms. The molecule has 0 radical (unpaired) electrons. The van der Waals surface area contributed by atoms with Crippen molar-refractivity contribution in [3.8, 4) is 0 Å². The Balaban J connectivity index is 2.21. The van der Waals surface area contributed by atoms with Crippen LogP contribution in [0.2, 0.25) is 0 Å². The highest BCUT2D eigenvalue weighted by atomic mass is 16.2. The van der Waals surface area contributed by atoms with E-state index in [-0.39, 0.29) is 17.0 Å². The first-order chi connectivity index (χ1) is 11.5. The van der Waals surface area contributed by atoms with Gasteiger partial charge in [-0.3, -0.25) is 0 Å². The lowest BCUT2D eigenvalue weighted by atomic mass is 9.72. The molecule has 0 aromatic heterocycles. The molecule has 1 fully saturated rings. The molecular weight excluding hydrogens is 310 g/mol. The second kappa shape index (κ2) is 7.27. The minimum atomic E-state index is -0.291. The Morgan fingerprint density at radius 2 is 1.84 bits per heavy atom. The minimum Gasteiger partial charge on any atom is -0.378 e. The summed E-state index contributed by atoms with van der Waals surface area (Å²) in [6, 6.07) is 8.56. The van der Waals surface area contributed by atoms with E-state index in [2.05, 4.69) is 71.0 Å². The molecule has 0 bridgehead atoms. The fraction of sp³-hybridized carbons (Fsp3) is 0.667. The lowest BCUT2D eigenvalue weighted by Gasteiger charge is -2.48. The summed E-state index contributed by atoms with van der Waals surface area (Å²) < 4.78 is 0. The molecular formula is C21H35N3O. The van der Waals surface area contributed by atoms with Crippen LogP contribution in [0.5, 0.6) is 0 Å². The second-order valence-corrected chi connectivity index (χ2v) is 9.26. The maximum atomic E-state index is 12.2. The van der Waals surface area contributed by atoms with E-state index >= 15 is 0 Å². The van der Waals surface area contributed by atoms with E-state index in [4.69, 9.17) is 5.73 Å². The molecule has 4 nitrogen and oxygen atoms in total. The van der Waals surface area contributed by atoms with Gasteiger partial charge >= 0.3 is 6.03 Å². The number of rotatable bonds is 4. The predicted molar refractivity (Wildman–Crippen MR) is 106 cm³/mol. The van der Waals surface area contributed by atoms with Crippen LogP contribution in [0.1, 0.15) is 64.9 Å². The summed E-state index contributed by atoms with van der Waals surface area (Å²) in [5.74, 6) is 0.483. The first kappa shape index (κ1) is 19.6. The smallest absolute Gasteiger partial charge is 0.315 e. The zero-order valence-electron chi connectivity index (χ0n) is 16.8. The van der Waals surface area contributed by atoms with E-state index in [1.165, 1.54) is 17.7 Å². The average molecular weight is 346 g/mol. The second-order valence-electron chi connectivity index (χ2n) is 9.26. The highest BCUT2D eigenvalue weighted by molar-refractivity contribution is 5.73. The number of carbonyl (C=O) groups is 1. The fourth-order valence-electron chi connectivity index (χ4n) is 4.05. The molecule has 2 amide bonds. The molecule has 1 aromatic rings. The number of carbonyl (C=O) groups excluding carboxylic acids is 1. The lowest BCUT2D eigenvalue weighted by molar-refractivity contribution is 0.0640. The third kappa shape index (κ3) is 4.90. The number of amides is 2. The molecule has 2 N–H and O–H groups in total. The molecule has 0 aliphatic heterocycles. The van der Waals surface area contributed by atoms with Crippen LogP contribution in [0.3, 0.4) is 0 Å². The molecule has 1 aliphatic rings. The Labute approximate surface area is 153 Å². The zero-order chi connectivity index (χ0) is 18.8. The SMILES string of the molecule is CN(C)c1ccc(C2CCCC(C)(N(CC(C)(C)C)C(N)=O)C2)cc1. The molecule has 0 spiro atoms. The van der Waals surface area contributed by atoms with Crippen molar-refractivity contribution in [3.05, 3.63) is 29.8 Å². The molecule has 0 saturated heterocycles. The van der Waals surface area contributed by atoms with E-state index in [1.54, 1.807) is 0 Å². The molecule has 1 saturated carbocycles. The van der Waals surface area contributed by atoms with Gasteiger partial charge in [-0.15, -0.1) is 0 Å². The van der Waals surface area contributed by atoms with Gasteiger partial charge in [0.1, 0.15) is 0 Å². The minimum absolute atomic E-state index is 0.0400. The van der Waals surface area contributed by atoms with Gasteiger partial charge in [0, 0.05) is 31.9 Å². The number of urea groups is 1. The van der Waals surface area contributed by atoms with Gasteiger partial charge in [0.25, 0.3) is 0 Å². The highest BCUT2D eigenvalue weighted by Gasteiger charge is 2.40. The third-order valence-electron chi connectivity index (χ3n) is 5.39. The molecule has 140 valence electrons. The summed E-state index contributed by atoms with van der Waals surface area (Å²) >= 11 is 0. The van der Waals surface area contributed by atoms with Gasteiger partial charge in [0.2, 0.25) is 0 Å². The van der Waals surface area contributed by atoms with Crippen LogP contribution in [0.4, 0.5) is 10.5 Å². The summed E-state index contributed by atoms with van der Waals surface area (Å²) in [4.78, 5) is 16.2. The van der Waals surface area contributed by atoms with Crippen LogP contribution in [-0.4, -0.2) is 37.1 Å². The van der Waals surface area contributed by atoms with E-state index in [1.807, 2.05) is 4.90 Å². The first-order valence-corrected chi connectivity index (χ1v) is 9.36. The first-order valence-electron chi connectivity index (χ1n) is 9.36. The lowest BCUT2D eigenvalue weighted by Crippen LogP contribution is -2.56. The van der Waals surface area contributed by atoms with Crippen molar-refractivity contribution in [2.75, 3.05) is 25.5 Å². The third-order valence-corrected chi connectivity index (χ3v) is 5.39. The topological polar surface area (TPSA) is 49.6 Å². The predicted octanol–water partition coefficient (Wildman–Crippen LogP) is 4.60. The van der Waals surface area contributed by atoms with E-state index < -0.39 is 0 Å². The molecule has 4 heteroatoms. The number of hydrogen-bond donors (Lipinski definition) is 1. The maximum absolute atomic E-state index is 12.2. The normalized spacial score (nSPS) is 24.0. The monoisotopic (exact) mass is 345 g/mol. The summed E-state index contributed by atoms with van der Waals surface area (Å²) in [5.41, 5.74) is 8.24. The molecule has 2 unspecified atom stereocenters. The number of hydrogen-bond acceptors (Lipinski definition) is 2. The molecule has 2 rings (SSSR count). The average Bonchev–Trinajstić information content (AvgIpc) is 2.51. The van der Waals surface area contributed by atoms with E-state index in [0.29, 0.717) is 12.5 Å². The van der Waals surface area contributed by atoms with Gasteiger partial charge in [-0.2, -0.15) is 0 Å². The largest absolute Gasteiger partial charge is 0.378 e. The van der Waals surface area contributed by atoms with Gasteiger partial charge in [-0.25, -0.2) is 4.79 Å². The quantitative estimate of drug-likeness (QED) is 0.867. The number of nitrogens with zero attached hydrogens (tertiary/aromatic N) is 2. The van der Waals surface area contributed by atoms with Crippen molar-refractivity contribution in [1.82, 2.24) is 4.90 Å². The van der Waals surface area contributed by atoms with Crippen LogP contribution in [0.15, 0.2) is 24.3 Å². The fourth-order valence-corrected chi connectivity index (χ4v) is 4.05. The van der Waals surface area contributed by atoms with Crippen molar-refractivity contribution in [2.24, 2.45) is 11.1 Å². The van der Waals surface area contributed by atoms with Crippen LogP contribution >= 0.6 is 0 Å². The maximum Gasteiger partial charge on any atom is 0.315 e. The van der Waals surface area contributed by atoms with E-state index in [9.17, 15) is 4.79 Å². The number of nitrogens with two attached hydrogens (primary N) is 1. The van der Waals surface area contributed by atoms with Crippen molar-refractivity contribution < 1.29 is 4.79 Å². The highest BCUT2D eigenvalue weighted by Crippen LogP contribution is 2.42. The summed E-state index contributed by atoms with van der Waals surface area (Å²) in [5, 5.41) is 0. The van der Waals surface area contributed by atoms with Crippen molar-refractivity contribution in [1.29, 1.82) is 0 Å². The van der Waals surface area contributed by atoms with Crippen molar-refractivity contribution >= 4 is 11.7 Å². The van der Waals surface area contributed by atoms with Gasteiger partial charge in [0.15, 0.2) is 0 Å². The van der Waals surface area contributed by atoms with Crippen molar-refractivity contribution in [3.63, 3.8) is 0 Å². The van der Waals surface area contributed by atoms with Crippen LogP contribution in [-0.2, 0) is 0 Å². The Bertz CT molecular complexity index is 588.